The van der Waals surface area contributed by atoms with E-state index in [4.69, 9.17) is 0 Å². The average molecular weight is 372 g/mol. The van der Waals surface area contributed by atoms with Crippen LogP contribution in [0, 0.1) is 6.92 Å². The van der Waals surface area contributed by atoms with E-state index < -0.39 is 0 Å². The Balaban J connectivity index is 1.62. The number of benzene rings is 1. The molecule has 1 aromatic carbocycles. The molecule has 138 valence electrons. The van der Waals surface area contributed by atoms with Crippen molar-refractivity contribution in [2.75, 3.05) is 31.5 Å². The van der Waals surface area contributed by atoms with Gasteiger partial charge in [-0.2, -0.15) is 0 Å². The molecule has 0 aliphatic carbocycles. The summed E-state index contributed by atoms with van der Waals surface area (Å²) in [4.78, 5) is 33.5. The molecule has 0 unspecified atom stereocenters. The molecule has 1 aliphatic heterocycles. The van der Waals surface area contributed by atoms with Gasteiger partial charge >= 0.3 is 0 Å². The zero-order valence-electron chi connectivity index (χ0n) is 15.4. The van der Waals surface area contributed by atoms with Gasteiger partial charge in [0.2, 0.25) is 0 Å². The molecule has 3 rings (SSSR count). The summed E-state index contributed by atoms with van der Waals surface area (Å²) < 4.78 is 0. The van der Waals surface area contributed by atoms with E-state index in [0.717, 1.165) is 18.7 Å². The molecule has 26 heavy (non-hydrogen) atoms. The summed E-state index contributed by atoms with van der Waals surface area (Å²) in [6, 6.07) is 7.89. The number of hydrogen-bond acceptors (Lipinski definition) is 5. The molecular weight excluding hydrogens is 348 g/mol. The number of thiazole rings is 1. The van der Waals surface area contributed by atoms with Crippen molar-refractivity contribution in [3.63, 3.8) is 0 Å². The predicted octanol–water partition coefficient (Wildman–Crippen LogP) is 2.87. The van der Waals surface area contributed by atoms with E-state index in [1.54, 1.807) is 11.4 Å². The number of nitrogens with zero attached hydrogens (tertiary/aromatic N) is 3. The molecule has 0 spiro atoms. The highest BCUT2D eigenvalue weighted by Crippen LogP contribution is 2.19. The number of aromatic nitrogens is 1. The lowest BCUT2D eigenvalue weighted by atomic mass is 10.1. The van der Waals surface area contributed by atoms with Gasteiger partial charge in [-0.15, -0.1) is 11.3 Å². The van der Waals surface area contributed by atoms with Gasteiger partial charge in [0.05, 0.1) is 0 Å². The van der Waals surface area contributed by atoms with Gasteiger partial charge in [-0.25, -0.2) is 4.98 Å². The van der Waals surface area contributed by atoms with Gasteiger partial charge in [0.15, 0.2) is 5.13 Å². The molecule has 1 N–H and O–H groups in total. The second-order valence-corrected chi connectivity index (χ2v) is 7.59. The third-order valence-electron chi connectivity index (χ3n) is 4.67. The maximum atomic E-state index is 12.6. The van der Waals surface area contributed by atoms with Gasteiger partial charge in [-0.05, 0) is 32.4 Å². The lowest BCUT2D eigenvalue weighted by Gasteiger charge is -2.36. The Bertz CT molecular complexity index is 794. The number of piperazine rings is 1. The van der Waals surface area contributed by atoms with Gasteiger partial charge in [0, 0.05) is 43.2 Å². The van der Waals surface area contributed by atoms with Crippen molar-refractivity contribution in [3.8, 4) is 0 Å². The number of anilines is 1. The smallest absolute Gasteiger partial charge is 0.273 e. The van der Waals surface area contributed by atoms with Crippen LogP contribution in [0.2, 0.25) is 0 Å². The minimum Gasteiger partial charge on any atom is -0.335 e. The van der Waals surface area contributed by atoms with Gasteiger partial charge in [0.1, 0.15) is 5.69 Å². The number of nitrogens with one attached hydrogen (secondary N) is 1. The second kappa shape index (κ2) is 7.97. The van der Waals surface area contributed by atoms with Gasteiger partial charge in [-0.1, -0.05) is 18.2 Å². The Labute approximate surface area is 157 Å². The topological polar surface area (TPSA) is 65.5 Å². The first kappa shape index (κ1) is 18.5. The third kappa shape index (κ3) is 4.11. The van der Waals surface area contributed by atoms with Crippen molar-refractivity contribution in [3.05, 3.63) is 46.5 Å². The quantitative estimate of drug-likeness (QED) is 0.896. The number of aryl methyl sites for hydroxylation is 1. The molecule has 0 saturated carbocycles. The fourth-order valence-corrected chi connectivity index (χ4v) is 3.70. The molecule has 1 saturated heterocycles. The molecule has 1 aromatic heterocycles. The first-order chi connectivity index (χ1) is 12.5. The SMILES string of the molecule is Cc1ccccc1C(=O)Nc1nc(C(=O)N2CCN(C(C)C)CC2)cs1. The van der Waals surface area contributed by atoms with E-state index in [2.05, 4.69) is 29.0 Å². The predicted molar refractivity (Wildman–Crippen MR) is 104 cm³/mol. The molecule has 2 amide bonds. The van der Waals surface area contributed by atoms with Crippen molar-refractivity contribution in [2.45, 2.75) is 26.8 Å². The monoisotopic (exact) mass is 372 g/mol. The van der Waals surface area contributed by atoms with Crippen molar-refractivity contribution in [1.82, 2.24) is 14.8 Å². The molecule has 1 aliphatic rings. The number of hydrogen-bond donors (Lipinski definition) is 1. The second-order valence-electron chi connectivity index (χ2n) is 6.73. The summed E-state index contributed by atoms with van der Waals surface area (Å²) in [5, 5.41) is 4.95. The molecule has 6 nitrogen and oxygen atoms in total. The Hall–Kier alpha value is -2.25. The number of carbonyl (C=O) groups is 2. The first-order valence-corrected chi connectivity index (χ1v) is 9.69. The summed E-state index contributed by atoms with van der Waals surface area (Å²) in [6.45, 7) is 9.40. The normalized spacial score (nSPS) is 15.3. The Morgan fingerprint density at radius 1 is 1.15 bits per heavy atom. The van der Waals surface area contributed by atoms with Crippen LogP contribution in [0.1, 0.15) is 40.3 Å². The highest BCUT2D eigenvalue weighted by Gasteiger charge is 2.25. The largest absolute Gasteiger partial charge is 0.335 e. The third-order valence-corrected chi connectivity index (χ3v) is 5.42. The lowest BCUT2D eigenvalue weighted by Crippen LogP contribution is -2.50. The van der Waals surface area contributed by atoms with E-state index in [1.165, 1.54) is 11.3 Å². The van der Waals surface area contributed by atoms with Crippen LogP contribution in [0.4, 0.5) is 5.13 Å². The number of amides is 2. The van der Waals surface area contributed by atoms with Crippen molar-refractivity contribution in [2.24, 2.45) is 0 Å². The Morgan fingerprint density at radius 2 is 1.85 bits per heavy atom. The summed E-state index contributed by atoms with van der Waals surface area (Å²) in [5.74, 6) is -0.275. The van der Waals surface area contributed by atoms with Crippen LogP contribution in [-0.4, -0.2) is 58.8 Å². The summed E-state index contributed by atoms with van der Waals surface area (Å²) in [5.41, 5.74) is 1.91. The fraction of sp³-hybridized carbons (Fsp3) is 0.421. The fourth-order valence-electron chi connectivity index (χ4n) is 3.02. The van der Waals surface area contributed by atoms with Gasteiger partial charge < -0.3 is 4.90 Å². The summed E-state index contributed by atoms with van der Waals surface area (Å²) >= 11 is 1.28. The van der Waals surface area contributed by atoms with Crippen molar-refractivity contribution < 1.29 is 9.59 Å². The minimum atomic E-state index is -0.206. The highest BCUT2D eigenvalue weighted by molar-refractivity contribution is 7.14. The van der Waals surface area contributed by atoms with Crippen LogP contribution < -0.4 is 5.32 Å². The van der Waals surface area contributed by atoms with Crippen LogP contribution in [0.25, 0.3) is 0 Å². The maximum absolute atomic E-state index is 12.6. The highest BCUT2D eigenvalue weighted by atomic mass is 32.1. The van der Waals surface area contributed by atoms with Crippen LogP contribution in [0.5, 0.6) is 0 Å². The standard InChI is InChI=1S/C19H24N4O2S/c1-13(2)22-8-10-23(11-9-22)18(25)16-12-26-19(20-16)21-17(24)15-7-5-4-6-14(15)3/h4-7,12-13H,8-11H2,1-3H3,(H,20,21,24). The molecule has 0 bridgehead atoms. The number of carbonyl (C=O) groups excluding carboxylic acids is 2. The van der Waals surface area contributed by atoms with E-state index in [0.29, 0.717) is 35.5 Å². The van der Waals surface area contributed by atoms with Gasteiger partial charge in [-0.3, -0.25) is 19.8 Å². The molecule has 0 atom stereocenters. The van der Waals surface area contributed by atoms with Crippen LogP contribution >= 0.6 is 11.3 Å². The molecular formula is C19H24N4O2S. The maximum Gasteiger partial charge on any atom is 0.273 e. The van der Waals surface area contributed by atoms with Crippen LogP contribution in [0.15, 0.2) is 29.6 Å². The summed E-state index contributed by atoms with van der Waals surface area (Å²) in [7, 11) is 0. The zero-order valence-corrected chi connectivity index (χ0v) is 16.2. The van der Waals surface area contributed by atoms with E-state index in [9.17, 15) is 9.59 Å². The molecule has 0 radical (unpaired) electrons. The average Bonchev–Trinajstić information content (AvgIpc) is 3.10. The van der Waals surface area contributed by atoms with Gasteiger partial charge in [0.25, 0.3) is 11.8 Å². The molecule has 7 heteroatoms. The van der Waals surface area contributed by atoms with Crippen LogP contribution in [0.3, 0.4) is 0 Å². The number of rotatable bonds is 4. The Kier molecular flexibility index (Phi) is 5.68. The first-order valence-electron chi connectivity index (χ1n) is 8.81. The Morgan fingerprint density at radius 3 is 2.50 bits per heavy atom. The van der Waals surface area contributed by atoms with E-state index >= 15 is 0 Å². The summed E-state index contributed by atoms with van der Waals surface area (Å²) in [6.07, 6.45) is 0. The molecule has 2 heterocycles. The minimum absolute atomic E-state index is 0.0685. The van der Waals surface area contributed by atoms with Crippen LogP contribution in [-0.2, 0) is 0 Å². The zero-order chi connectivity index (χ0) is 18.7. The van der Waals surface area contributed by atoms with E-state index in [-0.39, 0.29) is 11.8 Å². The lowest BCUT2D eigenvalue weighted by molar-refractivity contribution is 0.0590. The van der Waals surface area contributed by atoms with Crippen molar-refractivity contribution >= 4 is 28.3 Å². The molecule has 2 aromatic rings. The molecule has 1 fully saturated rings. The van der Waals surface area contributed by atoms with Crippen molar-refractivity contribution in [1.29, 1.82) is 0 Å². The van der Waals surface area contributed by atoms with E-state index in [1.807, 2.05) is 30.0 Å².